The number of anilines is 2. The highest BCUT2D eigenvalue weighted by Gasteiger charge is 2.35. The second-order valence-electron chi connectivity index (χ2n) is 8.92. The standard InChI is InChI=1S/C28H22ClN3O3/c1-15-3-2-4-20-23(33)12-22-26(25(15)20)18(13-29)14-32(22)28(34)17-7-10-24-21(11-17)31-27(35-24)16-5-8-19(30)9-6-16/h2-12,18,33H,13-14,30H2,1H3/t18-/m1/s1. The van der Waals surface area contributed by atoms with Crippen LogP contribution in [-0.4, -0.2) is 28.4 Å². The number of benzene rings is 4. The number of aromatic nitrogens is 1. The van der Waals surface area contributed by atoms with E-state index in [1.807, 2.05) is 37.3 Å². The molecule has 7 heteroatoms. The molecule has 0 saturated carbocycles. The van der Waals surface area contributed by atoms with Gasteiger partial charge in [0, 0.05) is 46.6 Å². The van der Waals surface area contributed by atoms with E-state index in [1.165, 1.54) is 0 Å². The van der Waals surface area contributed by atoms with Gasteiger partial charge in [-0.05, 0) is 65.9 Å². The number of fused-ring (bicyclic) bond motifs is 4. The molecular weight excluding hydrogens is 462 g/mol. The van der Waals surface area contributed by atoms with Crippen molar-refractivity contribution in [2.45, 2.75) is 12.8 Å². The van der Waals surface area contributed by atoms with Gasteiger partial charge in [0.2, 0.25) is 5.89 Å². The maximum absolute atomic E-state index is 13.7. The van der Waals surface area contributed by atoms with E-state index in [1.54, 1.807) is 41.3 Å². The number of carbonyl (C=O) groups excluding carboxylic acids is 1. The monoisotopic (exact) mass is 483 g/mol. The van der Waals surface area contributed by atoms with Gasteiger partial charge in [-0.3, -0.25) is 4.79 Å². The van der Waals surface area contributed by atoms with Gasteiger partial charge in [0.15, 0.2) is 5.58 Å². The Hall–Kier alpha value is -4.03. The molecule has 0 spiro atoms. The molecule has 1 atom stereocenters. The summed E-state index contributed by atoms with van der Waals surface area (Å²) in [5.41, 5.74) is 11.7. The van der Waals surface area contributed by atoms with Crippen molar-refractivity contribution in [1.82, 2.24) is 4.98 Å². The van der Waals surface area contributed by atoms with Crippen molar-refractivity contribution in [3.63, 3.8) is 0 Å². The molecule has 1 amide bonds. The zero-order chi connectivity index (χ0) is 24.3. The molecule has 0 fully saturated rings. The summed E-state index contributed by atoms with van der Waals surface area (Å²) in [7, 11) is 0. The first kappa shape index (κ1) is 21.5. The van der Waals surface area contributed by atoms with Crippen molar-refractivity contribution in [3.05, 3.63) is 83.4 Å². The van der Waals surface area contributed by atoms with Crippen molar-refractivity contribution in [2.75, 3.05) is 23.1 Å². The number of amides is 1. The zero-order valence-electron chi connectivity index (χ0n) is 19.0. The fourth-order valence-corrected chi connectivity index (χ4v) is 5.23. The molecule has 4 aromatic carbocycles. The first-order valence-corrected chi connectivity index (χ1v) is 11.9. The van der Waals surface area contributed by atoms with Crippen molar-refractivity contribution in [1.29, 1.82) is 0 Å². The lowest BCUT2D eigenvalue weighted by atomic mass is 9.92. The predicted octanol–water partition coefficient (Wildman–Crippen LogP) is 6.23. The van der Waals surface area contributed by atoms with E-state index in [0.717, 1.165) is 27.5 Å². The molecule has 6 rings (SSSR count). The van der Waals surface area contributed by atoms with E-state index in [-0.39, 0.29) is 17.6 Å². The third-order valence-corrected chi connectivity index (χ3v) is 7.07. The number of nitrogen functional groups attached to an aromatic ring is 1. The number of alkyl halides is 1. The highest BCUT2D eigenvalue weighted by Crippen LogP contribution is 2.46. The minimum atomic E-state index is -0.176. The lowest BCUT2D eigenvalue weighted by molar-refractivity contribution is 0.0988. The fraction of sp³-hybridized carbons (Fsp3) is 0.143. The smallest absolute Gasteiger partial charge is 0.258 e. The third-order valence-electron chi connectivity index (χ3n) is 6.69. The van der Waals surface area contributed by atoms with Crippen LogP contribution >= 0.6 is 11.6 Å². The van der Waals surface area contributed by atoms with Crippen LogP contribution in [0.4, 0.5) is 11.4 Å². The number of nitrogens with two attached hydrogens (primary N) is 1. The number of phenols is 1. The quantitative estimate of drug-likeness (QED) is 0.234. The lowest BCUT2D eigenvalue weighted by Crippen LogP contribution is -2.30. The largest absolute Gasteiger partial charge is 0.507 e. The Morgan fingerprint density at radius 1 is 1.17 bits per heavy atom. The third kappa shape index (κ3) is 3.41. The van der Waals surface area contributed by atoms with Crippen LogP contribution < -0.4 is 10.6 Å². The number of nitrogens with zero attached hydrogens (tertiary/aromatic N) is 2. The Bertz CT molecular complexity index is 1620. The molecule has 0 bridgehead atoms. The first-order chi connectivity index (χ1) is 16.9. The summed E-state index contributed by atoms with van der Waals surface area (Å²) in [4.78, 5) is 20.0. The average Bonchev–Trinajstić information content (AvgIpc) is 3.45. The number of phenolic OH excluding ortho intramolecular Hbond substituents is 1. The number of rotatable bonds is 3. The average molecular weight is 484 g/mol. The summed E-state index contributed by atoms with van der Waals surface area (Å²) in [5.74, 6) is 0.775. The van der Waals surface area contributed by atoms with Gasteiger partial charge >= 0.3 is 0 Å². The maximum atomic E-state index is 13.7. The summed E-state index contributed by atoms with van der Waals surface area (Å²) in [6, 6.07) is 20.0. The first-order valence-electron chi connectivity index (χ1n) is 11.3. The summed E-state index contributed by atoms with van der Waals surface area (Å²) in [6.07, 6.45) is 0. The number of aromatic hydroxyl groups is 1. The molecule has 0 saturated heterocycles. The van der Waals surface area contributed by atoms with Gasteiger partial charge in [-0.15, -0.1) is 11.6 Å². The van der Waals surface area contributed by atoms with E-state index < -0.39 is 0 Å². The second-order valence-corrected chi connectivity index (χ2v) is 9.23. The molecule has 3 N–H and O–H groups in total. The van der Waals surface area contributed by atoms with Crippen LogP contribution in [0, 0.1) is 6.92 Å². The molecule has 5 aromatic rings. The van der Waals surface area contributed by atoms with Crippen LogP contribution in [0.25, 0.3) is 33.3 Å². The molecule has 1 aliphatic rings. The molecule has 0 radical (unpaired) electrons. The SMILES string of the molecule is Cc1cccc2c(O)cc3c(c12)[C@H](CCl)CN3C(=O)c1ccc2oc(-c3ccc(N)cc3)nc2c1. The van der Waals surface area contributed by atoms with Gasteiger partial charge in [-0.2, -0.15) is 0 Å². The van der Waals surface area contributed by atoms with Gasteiger partial charge < -0.3 is 20.2 Å². The van der Waals surface area contributed by atoms with Crippen LogP contribution in [0.3, 0.4) is 0 Å². The Morgan fingerprint density at radius 2 is 1.97 bits per heavy atom. The molecule has 174 valence electrons. The van der Waals surface area contributed by atoms with E-state index >= 15 is 0 Å². The zero-order valence-corrected chi connectivity index (χ0v) is 19.7. The minimum absolute atomic E-state index is 0.0345. The van der Waals surface area contributed by atoms with E-state index in [4.69, 9.17) is 21.8 Å². The Labute approximate surface area is 206 Å². The number of halogens is 1. The molecule has 0 aliphatic carbocycles. The highest BCUT2D eigenvalue weighted by molar-refractivity contribution is 6.19. The Balaban J connectivity index is 1.42. The highest BCUT2D eigenvalue weighted by atomic mass is 35.5. The Morgan fingerprint density at radius 3 is 2.74 bits per heavy atom. The van der Waals surface area contributed by atoms with Crippen LogP contribution in [0.15, 0.2) is 71.1 Å². The number of carbonyl (C=O) groups is 1. The number of aryl methyl sites for hydroxylation is 1. The van der Waals surface area contributed by atoms with Gasteiger partial charge in [0.1, 0.15) is 11.3 Å². The van der Waals surface area contributed by atoms with E-state index in [0.29, 0.717) is 46.4 Å². The molecule has 0 unspecified atom stereocenters. The maximum Gasteiger partial charge on any atom is 0.258 e. The fourth-order valence-electron chi connectivity index (χ4n) is 4.98. The molecular formula is C28H22ClN3O3. The van der Waals surface area contributed by atoms with Gasteiger partial charge in [-0.1, -0.05) is 18.2 Å². The summed E-state index contributed by atoms with van der Waals surface area (Å²) >= 11 is 6.36. The van der Waals surface area contributed by atoms with E-state index in [9.17, 15) is 9.90 Å². The predicted molar refractivity (Wildman–Crippen MR) is 139 cm³/mol. The topological polar surface area (TPSA) is 92.6 Å². The molecule has 1 aromatic heterocycles. The van der Waals surface area contributed by atoms with Crippen molar-refractivity contribution < 1.29 is 14.3 Å². The van der Waals surface area contributed by atoms with Crippen LogP contribution in [0.1, 0.15) is 27.4 Å². The van der Waals surface area contributed by atoms with Crippen molar-refractivity contribution in [3.8, 4) is 17.2 Å². The van der Waals surface area contributed by atoms with Gasteiger partial charge in [0.25, 0.3) is 5.91 Å². The molecule has 2 heterocycles. The number of oxazole rings is 1. The van der Waals surface area contributed by atoms with Crippen LogP contribution in [-0.2, 0) is 0 Å². The van der Waals surface area contributed by atoms with Crippen molar-refractivity contribution in [2.24, 2.45) is 0 Å². The summed E-state index contributed by atoms with van der Waals surface area (Å²) < 4.78 is 5.89. The Kier molecular flexibility index (Phi) is 4.93. The van der Waals surface area contributed by atoms with Gasteiger partial charge in [0.05, 0.1) is 5.69 Å². The summed E-state index contributed by atoms with van der Waals surface area (Å²) in [6.45, 7) is 2.45. The number of hydrogen-bond acceptors (Lipinski definition) is 5. The lowest BCUT2D eigenvalue weighted by Gasteiger charge is -2.19. The normalized spacial score (nSPS) is 15.1. The van der Waals surface area contributed by atoms with E-state index in [2.05, 4.69) is 4.98 Å². The van der Waals surface area contributed by atoms with Gasteiger partial charge in [-0.25, -0.2) is 4.98 Å². The minimum Gasteiger partial charge on any atom is -0.507 e. The second kappa shape index (κ2) is 8.03. The van der Waals surface area contributed by atoms with Crippen LogP contribution in [0.5, 0.6) is 5.75 Å². The molecule has 6 nitrogen and oxygen atoms in total. The molecule has 35 heavy (non-hydrogen) atoms. The van der Waals surface area contributed by atoms with Crippen LogP contribution in [0.2, 0.25) is 0 Å². The summed E-state index contributed by atoms with van der Waals surface area (Å²) in [5, 5.41) is 12.5. The molecule has 1 aliphatic heterocycles. The van der Waals surface area contributed by atoms with Crippen molar-refractivity contribution >= 4 is 50.8 Å². The number of hydrogen-bond donors (Lipinski definition) is 2.